The number of anilines is 4. The van der Waals surface area contributed by atoms with E-state index in [-0.39, 0.29) is 51.6 Å². The molecular weight excluding hydrogens is 769 g/mol. The Balaban J connectivity index is 1.19. The molecule has 0 saturated heterocycles. The summed E-state index contributed by atoms with van der Waals surface area (Å²) < 4.78 is 62.8. The van der Waals surface area contributed by atoms with E-state index in [9.17, 15) is 4.11 Å². The van der Waals surface area contributed by atoms with Crippen molar-refractivity contribution in [1.82, 2.24) is 9.55 Å². The van der Waals surface area contributed by atoms with Crippen LogP contribution < -0.4 is 14.5 Å². The van der Waals surface area contributed by atoms with E-state index in [0.717, 1.165) is 61.7 Å². The minimum absolute atomic E-state index is 0.0935. The highest BCUT2D eigenvalue weighted by Gasteiger charge is 2.33. The van der Waals surface area contributed by atoms with Gasteiger partial charge in [-0.1, -0.05) is 136 Å². The first-order chi connectivity index (χ1) is 33.4. The third-order valence-electron chi connectivity index (χ3n) is 12.3. The minimum atomic E-state index is -0.419. The molecule has 8 aromatic carbocycles. The highest BCUT2D eigenvalue weighted by molar-refractivity contribution is 6.09. The molecule has 5 nitrogen and oxygen atoms in total. The van der Waals surface area contributed by atoms with Crippen molar-refractivity contribution in [3.05, 3.63) is 206 Å². The van der Waals surface area contributed by atoms with Gasteiger partial charge in [-0.2, -0.15) is 0 Å². The summed E-state index contributed by atoms with van der Waals surface area (Å²) in [6.07, 6.45) is 0. The fraction of sp³-hybridized carbons (Fsp3) is 0.0862. The number of ether oxygens (including phenoxy) is 1. The molecule has 2 aliphatic rings. The Morgan fingerprint density at radius 1 is 0.524 bits per heavy atom. The predicted octanol–water partition coefficient (Wildman–Crippen LogP) is 15.5. The molecule has 2 aromatic heterocycles. The molecule has 302 valence electrons. The molecule has 0 N–H and O–H groups in total. The largest absolute Gasteiger partial charge is 0.457 e. The zero-order valence-corrected chi connectivity index (χ0v) is 35.0. The number of fused-ring (bicyclic) bond motifs is 23. The van der Waals surface area contributed by atoms with E-state index >= 15 is 0 Å². The molecule has 10 aromatic rings. The van der Waals surface area contributed by atoms with Crippen molar-refractivity contribution >= 4 is 44.6 Å². The summed E-state index contributed by atoms with van der Waals surface area (Å²) in [6, 6.07) is 53.9. The highest BCUT2D eigenvalue weighted by atomic mass is 16.5. The first-order valence-corrected chi connectivity index (χ1v) is 21.2. The Kier molecular flexibility index (Phi) is 7.07. The molecule has 0 unspecified atom stereocenters. The number of hydrogen-bond donors (Lipinski definition) is 0. The lowest BCUT2D eigenvalue weighted by Crippen LogP contribution is -2.25. The van der Waals surface area contributed by atoms with Crippen LogP contribution in [0.1, 0.15) is 34.6 Å². The third kappa shape index (κ3) is 6.19. The van der Waals surface area contributed by atoms with Gasteiger partial charge in [0.2, 0.25) is 0 Å². The van der Waals surface area contributed by atoms with E-state index in [1.165, 1.54) is 5.56 Å². The van der Waals surface area contributed by atoms with Crippen LogP contribution in [0.5, 0.6) is 11.5 Å². The van der Waals surface area contributed by atoms with E-state index in [1.54, 1.807) is 16.7 Å². The molecule has 0 aliphatic carbocycles. The minimum Gasteiger partial charge on any atom is -0.457 e. The van der Waals surface area contributed by atoms with Gasteiger partial charge in [0.1, 0.15) is 24.0 Å². The molecule has 0 amide bonds. The van der Waals surface area contributed by atoms with Gasteiger partial charge >= 0.3 is 0 Å². The second-order valence-corrected chi connectivity index (χ2v) is 17.2. The molecule has 0 saturated carbocycles. The van der Waals surface area contributed by atoms with Gasteiger partial charge in [0, 0.05) is 45.3 Å². The predicted molar refractivity (Wildman–Crippen MR) is 261 cm³/mol. The number of aromatic nitrogens is 2. The van der Waals surface area contributed by atoms with Crippen LogP contribution in [0.3, 0.4) is 0 Å². The summed E-state index contributed by atoms with van der Waals surface area (Å²) in [7, 11) is 0. The maximum atomic E-state index is 9.45. The standard InChI is InChI=1S/C58H44N4O/c1-58(2,3)41-33-49(38-16-5-4-6-17-38)57-50(34-41)46-23-8-7-22-45(46)39-18-13-19-40(32-39)51-25-15-29-56(59-51)62-52-26-10-9-24-47(52)48-31-30-44(36-55(48)62)63-43-21-14-20-42(35-43)60-37-61(57)54-28-12-11-27-53(54)60/h4-36H,37H2,1-3H3/i9D,10D,24D,26D,30D,31D. The first-order valence-electron chi connectivity index (χ1n) is 24.2. The molecule has 0 atom stereocenters. The zero-order chi connectivity index (χ0) is 47.5. The van der Waals surface area contributed by atoms with Crippen molar-refractivity contribution in [1.29, 1.82) is 0 Å². The molecule has 4 heterocycles. The molecule has 10 bridgehead atoms. The van der Waals surface area contributed by atoms with Crippen LogP contribution in [0.4, 0.5) is 22.7 Å². The summed E-state index contributed by atoms with van der Waals surface area (Å²) >= 11 is 0. The maximum Gasteiger partial charge on any atom is 0.138 e. The fourth-order valence-corrected chi connectivity index (χ4v) is 9.25. The molecule has 0 fully saturated rings. The van der Waals surface area contributed by atoms with Crippen LogP contribution in [0.2, 0.25) is 0 Å². The lowest BCUT2D eigenvalue weighted by atomic mass is 9.81. The van der Waals surface area contributed by atoms with Gasteiger partial charge in [-0.15, -0.1) is 0 Å². The summed E-state index contributed by atoms with van der Waals surface area (Å²) in [5.41, 5.74) is 13.4. The van der Waals surface area contributed by atoms with Gasteiger partial charge in [0.05, 0.1) is 42.0 Å². The van der Waals surface area contributed by atoms with Crippen molar-refractivity contribution in [2.75, 3.05) is 16.5 Å². The van der Waals surface area contributed by atoms with Crippen LogP contribution in [0, 0.1) is 0 Å². The summed E-state index contributed by atoms with van der Waals surface area (Å²) in [5, 5.41) is 0.357. The average molecular weight is 819 g/mol. The van der Waals surface area contributed by atoms with Crippen molar-refractivity contribution in [2.45, 2.75) is 26.2 Å². The summed E-state index contributed by atoms with van der Waals surface area (Å²) in [4.78, 5) is 9.91. The Hall–Kier alpha value is -7.89. The maximum absolute atomic E-state index is 9.45. The van der Waals surface area contributed by atoms with Crippen molar-refractivity contribution in [3.63, 3.8) is 0 Å². The van der Waals surface area contributed by atoms with E-state index in [4.69, 9.17) is 13.8 Å². The topological polar surface area (TPSA) is 33.5 Å². The van der Waals surface area contributed by atoms with Gasteiger partial charge < -0.3 is 14.5 Å². The second kappa shape index (κ2) is 14.4. The lowest BCUT2D eigenvalue weighted by molar-refractivity contribution is 0.483. The number of nitrogens with zero attached hydrogens (tertiary/aromatic N) is 4. The Morgan fingerprint density at radius 3 is 2.08 bits per heavy atom. The SMILES string of the molecule is [2H]c1c2cc3c(c1[2H])c1c([2H])c([2H])c([2H])c([2H])c1n3-c1cccc(n1)-c1cccc(c1)-c1ccccc1-c1cc(C(C)(C)C)cc(-c3ccccc3)c1N1CN(c3cccc(c3)O2)c2ccccc21. The van der Waals surface area contributed by atoms with Crippen LogP contribution in [-0.4, -0.2) is 16.2 Å². The normalized spacial score (nSPS) is 14.3. The Morgan fingerprint density at radius 2 is 1.22 bits per heavy atom. The molecule has 2 aliphatic heterocycles. The van der Waals surface area contributed by atoms with Crippen LogP contribution in [0.25, 0.3) is 72.3 Å². The fourth-order valence-electron chi connectivity index (χ4n) is 9.25. The van der Waals surface area contributed by atoms with E-state index < -0.39 is 12.1 Å². The highest BCUT2D eigenvalue weighted by Crippen LogP contribution is 2.53. The van der Waals surface area contributed by atoms with Crippen molar-refractivity contribution < 1.29 is 13.0 Å². The number of pyridine rings is 1. The van der Waals surface area contributed by atoms with Crippen molar-refractivity contribution in [3.8, 4) is 62.0 Å². The van der Waals surface area contributed by atoms with Gasteiger partial charge in [-0.25, -0.2) is 4.98 Å². The Labute approximate surface area is 376 Å². The summed E-state index contributed by atoms with van der Waals surface area (Å²) in [5.74, 6) is 0.922. The van der Waals surface area contributed by atoms with Gasteiger partial charge in [-0.05, 0) is 106 Å². The number of benzene rings is 8. The quantitative estimate of drug-likeness (QED) is 0.165. The molecule has 0 radical (unpaired) electrons. The molecular formula is C58H44N4O. The number of hydrogen-bond acceptors (Lipinski definition) is 4. The molecule has 63 heavy (non-hydrogen) atoms. The van der Waals surface area contributed by atoms with Gasteiger partial charge in [0.15, 0.2) is 0 Å². The van der Waals surface area contributed by atoms with Crippen LogP contribution in [-0.2, 0) is 5.41 Å². The smallest absolute Gasteiger partial charge is 0.138 e. The van der Waals surface area contributed by atoms with Gasteiger partial charge in [-0.3, -0.25) is 4.57 Å². The molecule has 5 heteroatoms. The van der Waals surface area contributed by atoms with Crippen LogP contribution >= 0.6 is 0 Å². The monoisotopic (exact) mass is 818 g/mol. The lowest BCUT2D eigenvalue weighted by Gasteiger charge is -2.31. The third-order valence-corrected chi connectivity index (χ3v) is 12.3. The first kappa shape index (κ1) is 31.0. The van der Waals surface area contributed by atoms with Gasteiger partial charge in [0.25, 0.3) is 0 Å². The molecule has 0 spiro atoms. The van der Waals surface area contributed by atoms with Crippen molar-refractivity contribution in [2.24, 2.45) is 0 Å². The molecule has 12 rings (SSSR count). The summed E-state index contributed by atoms with van der Waals surface area (Å²) in [6.45, 7) is 7.25. The van der Waals surface area contributed by atoms with E-state index in [1.807, 2.05) is 48.5 Å². The number of para-hydroxylation sites is 3. The van der Waals surface area contributed by atoms with E-state index in [0.29, 0.717) is 29.4 Å². The Bertz CT molecular complexity index is 3770. The second-order valence-electron chi connectivity index (χ2n) is 17.2. The average Bonchev–Trinajstić information content (AvgIpc) is 3.93. The van der Waals surface area contributed by atoms with Crippen LogP contribution in [0.15, 0.2) is 200 Å². The number of rotatable bonds is 1. The zero-order valence-electron chi connectivity index (χ0n) is 41.0. The van der Waals surface area contributed by atoms with E-state index in [2.05, 4.69) is 134 Å².